The summed E-state index contributed by atoms with van der Waals surface area (Å²) in [5.41, 5.74) is 5.89. The van der Waals surface area contributed by atoms with Gasteiger partial charge >= 0.3 is 13.5 Å². The Hall–Kier alpha value is -1.30. The average Bonchev–Trinajstić information content (AvgIpc) is 2.29. The number of alkyl halides is 2. The number of hydrogen-bond acceptors (Lipinski definition) is 3. The van der Waals surface area contributed by atoms with Crippen molar-refractivity contribution in [2.45, 2.75) is 53.7 Å². The molecule has 3 nitrogen and oxygen atoms in total. The summed E-state index contributed by atoms with van der Waals surface area (Å²) in [5.74, 6) is -0.00953. The van der Waals surface area contributed by atoms with Crippen LogP contribution in [0.25, 0.3) is 0 Å². The molecule has 2 N–H and O–H groups in total. The summed E-state index contributed by atoms with van der Waals surface area (Å²) in [4.78, 5) is 0. The van der Waals surface area contributed by atoms with Crippen molar-refractivity contribution < 1.29 is 18.2 Å². The largest absolute Gasteiger partial charge is 0.433 e. The van der Waals surface area contributed by atoms with E-state index in [-0.39, 0.29) is 16.9 Å². The molecule has 0 heterocycles. The second-order valence-electron chi connectivity index (χ2n) is 6.66. The summed E-state index contributed by atoms with van der Waals surface area (Å²) in [6.07, 6.45) is 0. The van der Waals surface area contributed by atoms with Crippen LogP contribution in [0.15, 0.2) is 18.2 Å². The maximum Gasteiger partial charge on any atom is 0.387 e. The molecule has 1 aromatic rings. The molecule has 0 atom stereocenters. The first kappa shape index (κ1) is 17.8. The predicted molar refractivity (Wildman–Crippen MR) is 83.4 cm³/mol. The molecule has 0 radical (unpaired) electrons. The zero-order chi connectivity index (χ0) is 16.4. The van der Waals surface area contributed by atoms with Crippen LogP contribution in [-0.4, -0.2) is 19.1 Å². The van der Waals surface area contributed by atoms with E-state index < -0.39 is 19.1 Å². The molecule has 118 valence electrons. The SMILES string of the molecule is CB(OC(C)(C)C(C)(C)C)c1cccc(N)c1OC(F)F. The minimum Gasteiger partial charge on any atom is -0.433 e. The summed E-state index contributed by atoms with van der Waals surface area (Å²) in [6.45, 7) is 8.61. The Bertz CT molecular complexity index is 487. The average molecular weight is 299 g/mol. The molecule has 6 heteroatoms. The highest BCUT2D eigenvalue weighted by Gasteiger charge is 2.37. The van der Waals surface area contributed by atoms with Crippen LogP contribution in [0.2, 0.25) is 6.82 Å². The Kier molecular flexibility index (Phi) is 5.26. The van der Waals surface area contributed by atoms with Crippen molar-refractivity contribution in [3.63, 3.8) is 0 Å². The van der Waals surface area contributed by atoms with E-state index >= 15 is 0 Å². The summed E-state index contributed by atoms with van der Waals surface area (Å²) >= 11 is 0. The summed E-state index contributed by atoms with van der Waals surface area (Å²) in [7, 11) is 0. The lowest BCUT2D eigenvalue weighted by molar-refractivity contribution is -0.0489. The van der Waals surface area contributed by atoms with Gasteiger partial charge in [0.25, 0.3) is 0 Å². The molecule has 0 aliphatic carbocycles. The molecule has 0 aliphatic rings. The highest BCUT2D eigenvalue weighted by Crippen LogP contribution is 2.34. The standard InChI is InChI=1S/C15H24BF2NO2/c1-14(2,3)15(4,5)21-16(6)10-8-7-9-11(19)12(10)20-13(17)18/h7-9,13H,19H2,1-6H3. The van der Waals surface area contributed by atoms with E-state index in [1.807, 2.05) is 13.8 Å². The fourth-order valence-corrected chi connectivity index (χ4v) is 1.80. The number of nitrogens with two attached hydrogens (primary N) is 1. The van der Waals surface area contributed by atoms with Crippen LogP contribution < -0.4 is 15.9 Å². The fourth-order valence-electron chi connectivity index (χ4n) is 1.80. The zero-order valence-electron chi connectivity index (χ0n) is 13.5. The van der Waals surface area contributed by atoms with Crippen molar-refractivity contribution in [3.8, 4) is 5.75 Å². The highest BCUT2D eigenvalue weighted by molar-refractivity contribution is 6.67. The molecule has 0 aliphatic heterocycles. The van der Waals surface area contributed by atoms with Crippen molar-refractivity contribution >= 4 is 18.1 Å². The van der Waals surface area contributed by atoms with Gasteiger partial charge in [-0.05, 0) is 30.8 Å². The summed E-state index contributed by atoms with van der Waals surface area (Å²) in [5, 5.41) is 0. The number of hydrogen-bond donors (Lipinski definition) is 1. The molecule has 0 saturated heterocycles. The lowest BCUT2D eigenvalue weighted by Gasteiger charge is -2.41. The number of halogens is 2. The first-order valence-electron chi connectivity index (χ1n) is 6.96. The van der Waals surface area contributed by atoms with E-state index in [1.54, 1.807) is 19.0 Å². The Morgan fingerprint density at radius 2 is 1.71 bits per heavy atom. The molecule has 21 heavy (non-hydrogen) atoms. The van der Waals surface area contributed by atoms with Gasteiger partial charge in [-0.25, -0.2) is 0 Å². The number of para-hydroxylation sites is 1. The van der Waals surface area contributed by atoms with Crippen LogP contribution in [0.3, 0.4) is 0 Å². The minimum absolute atomic E-state index is 0.00953. The first-order chi connectivity index (χ1) is 9.45. The fraction of sp³-hybridized carbons (Fsp3) is 0.600. The Labute approximate surface area is 125 Å². The molecule has 0 amide bonds. The van der Waals surface area contributed by atoms with Crippen molar-refractivity contribution in [2.75, 3.05) is 5.73 Å². The van der Waals surface area contributed by atoms with Crippen molar-refractivity contribution in [3.05, 3.63) is 18.2 Å². The van der Waals surface area contributed by atoms with Gasteiger partial charge in [-0.1, -0.05) is 39.7 Å². The van der Waals surface area contributed by atoms with Crippen LogP contribution >= 0.6 is 0 Å². The Morgan fingerprint density at radius 3 is 2.19 bits per heavy atom. The minimum atomic E-state index is -2.92. The zero-order valence-corrected chi connectivity index (χ0v) is 13.5. The van der Waals surface area contributed by atoms with Gasteiger partial charge in [-0.15, -0.1) is 0 Å². The van der Waals surface area contributed by atoms with Crippen LogP contribution in [0.4, 0.5) is 14.5 Å². The van der Waals surface area contributed by atoms with E-state index in [2.05, 4.69) is 25.5 Å². The maximum absolute atomic E-state index is 12.6. The van der Waals surface area contributed by atoms with Crippen molar-refractivity contribution in [1.82, 2.24) is 0 Å². The Balaban J connectivity index is 3.08. The molecule has 0 saturated carbocycles. The molecular formula is C15H24BF2NO2. The van der Waals surface area contributed by atoms with Crippen molar-refractivity contribution in [1.29, 1.82) is 0 Å². The molecule has 0 unspecified atom stereocenters. The molecule has 1 rings (SSSR count). The van der Waals surface area contributed by atoms with E-state index in [0.29, 0.717) is 5.46 Å². The number of ether oxygens (including phenoxy) is 1. The summed E-state index contributed by atoms with van der Waals surface area (Å²) < 4.78 is 35.7. The van der Waals surface area contributed by atoms with Gasteiger partial charge in [-0.2, -0.15) is 8.78 Å². The smallest absolute Gasteiger partial charge is 0.387 e. The van der Waals surface area contributed by atoms with Gasteiger partial charge in [0.15, 0.2) is 0 Å². The van der Waals surface area contributed by atoms with Gasteiger partial charge in [0, 0.05) is 0 Å². The number of anilines is 1. The van der Waals surface area contributed by atoms with Gasteiger partial charge < -0.3 is 15.1 Å². The van der Waals surface area contributed by atoms with Gasteiger partial charge in [-0.3, -0.25) is 0 Å². The lowest BCUT2D eigenvalue weighted by atomic mass is 9.61. The van der Waals surface area contributed by atoms with E-state index in [0.717, 1.165) is 0 Å². The number of rotatable bonds is 5. The molecule has 0 bridgehead atoms. The first-order valence-corrected chi connectivity index (χ1v) is 6.96. The Morgan fingerprint density at radius 1 is 1.14 bits per heavy atom. The maximum atomic E-state index is 12.6. The normalized spacial score (nSPS) is 12.6. The second-order valence-corrected chi connectivity index (χ2v) is 6.66. The van der Waals surface area contributed by atoms with E-state index in [9.17, 15) is 8.78 Å². The lowest BCUT2D eigenvalue weighted by Crippen LogP contribution is -2.47. The molecule has 1 aromatic carbocycles. The van der Waals surface area contributed by atoms with Gasteiger partial charge in [0.05, 0.1) is 11.3 Å². The highest BCUT2D eigenvalue weighted by atomic mass is 19.3. The predicted octanol–water partition coefficient (Wildman–Crippen LogP) is 3.54. The number of benzene rings is 1. The molecule has 0 fully saturated rings. The second kappa shape index (κ2) is 6.22. The molecule has 0 aromatic heterocycles. The van der Waals surface area contributed by atoms with Gasteiger partial charge in [0.1, 0.15) is 5.75 Å². The van der Waals surface area contributed by atoms with Gasteiger partial charge in [0.2, 0.25) is 0 Å². The van der Waals surface area contributed by atoms with Crippen LogP contribution in [-0.2, 0) is 4.65 Å². The third-order valence-electron chi connectivity index (χ3n) is 4.00. The van der Waals surface area contributed by atoms with Crippen molar-refractivity contribution in [2.24, 2.45) is 5.41 Å². The van der Waals surface area contributed by atoms with E-state index in [4.69, 9.17) is 10.4 Å². The summed E-state index contributed by atoms with van der Waals surface area (Å²) in [6, 6.07) is 4.92. The molecule has 0 spiro atoms. The van der Waals surface area contributed by atoms with Crippen LogP contribution in [0.5, 0.6) is 5.75 Å². The topological polar surface area (TPSA) is 44.5 Å². The van der Waals surface area contributed by atoms with Crippen LogP contribution in [0.1, 0.15) is 34.6 Å². The third kappa shape index (κ3) is 4.33. The number of nitrogen functional groups attached to an aromatic ring is 1. The monoisotopic (exact) mass is 299 g/mol. The van der Waals surface area contributed by atoms with E-state index in [1.165, 1.54) is 6.07 Å². The molecular weight excluding hydrogens is 275 g/mol. The van der Waals surface area contributed by atoms with Crippen LogP contribution in [0, 0.1) is 5.41 Å². The third-order valence-corrected chi connectivity index (χ3v) is 4.00. The quantitative estimate of drug-likeness (QED) is 0.668.